The van der Waals surface area contributed by atoms with Crippen LogP contribution >= 0.6 is 11.6 Å². The molecule has 0 aliphatic carbocycles. The molecule has 5 heteroatoms. The maximum atomic E-state index is 5.79. The molecule has 0 radical (unpaired) electrons. The van der Waals surface area contributed by atoms with E-state index in [2.05, 4.69) is 9.97 Å². The number of nitrogens with two attached hydrogens (primary N) is 1. The Bertz CT molecular complexity index is 490. The normalized spacial score (nSPS) is 10.1. The second kappa shape index (κ2) is 4.92. The van der Waals surface area contributed by atoms with Gasteiger partial charge in [0.2, 0.25) is 5.88 Å². The number of rotatable bonds is 3. The Hall–Kier alpha value is -1.65. The quantitative estimate of drug-likeness (QED) is 0.887. The summed E-state index contributed by atoms with van der Waals surface area (Å²) in [7, 11) is 0. The van der Waals surface area contributed by atoms with Crippen LogP contribution in [0.25, 0.3) is 0 Å². The second-order valence-corrected chi connectivity index (χ2v) is 3.58. The Kier molecular flexibility index (Phi) is 3.34. The second-order valence-electron chi connectivity index (χ2n) is 3.15. The summed E-state index contributed by atoms with van der Waals surface area (Å²) in [4.78, 5) is 7.98. The molecule has 2 heterocycles. The molecule has 16 heavy (non-hydrogen) atoms. The van der Waals surface area contributed by atoms with E-state index in [1.807, 2.05) is 6.07 Å². The van der Waals surface area contributed by atoms with Crippen LogP contribution in [0.2, 0.25) is 5.02 Å². The van der Waals surface area contributed by atoms with Crippen molar-refractivity contribution in [2.24, 2.45) is 5.73 Å². The van der Waals surface area contributed by atoms with Crippen LogP contribution in [-0.2, 0) is 6.54 Å². The van der Waals surface area contributed by atoms with E-state index in [9.17, 15) is 0 Å². The Morgan fingerprint density at radius 3 is 2.94 bits per heavy atom. The Labute approximate surface area is 98.0 Å². The molecule has 0 saturated carbocycles. The summed E-state index contributed by atoms with van der Waals surface area (Å²) in [5.74, 6) is 1.03. The van der Waals surface area contributed by atoms with Crippen LogP contribution in [0, 0.1) is 0 Å². The van der Waals surface area contributed by atoms with E-state index in [1.54, 1.807) is 24.5 Å². The van der Waals surface area contributed by atoms with E-state index in [4.69, 9.17) is 22.1 Å². The minimum absolute atomic E-state index is 0.451. The van der Waals surface area contributed by atoms with Crippen LogP contribution in [-0.4, -0.2) is 9.97 Å². The fourth-order valence-electron chi connectivity index (χ4n) is 1.20. The first-order valence-corrected chi connectivity index (χ1v) is 5.09. The summed E-state index contributed by atoms with van der Waals surface area (Å²) in [6.07, 6.45) is 4.76. The average Bonchev–Trinajstić information content (AvgIpc) is 2.29. The lowest BCUT2D eigenvalue weighted by molar-refractivity contribution is 0.460. The number of ether oxygens (including phenoxy) is 1. The van der Waals surface area contributed by atoms with Gasteiger partial charge in [0, 0.05) is 31.1 Å². The topological polar surface area (TPSA) is 61.0 Å². The summed E-state index contributed by atoms with van der Waals surface area (Å²) in [5.41, 5.74) is 6.48. The molecule has 2 aromatic rings. The molecule has 0 saturated heterocycles. The van der Waals surface area contributed by atoms with E-state index in [0.29, 0.717) is 23.2 Å². The number of halogens is 1. The van der Waals surface area contributed by atoms with Gasteiger partial charge in [-0.15, -0.1) is 0 Å². The highest BCUT2D eigenvalue weighted by Gasteiger charge is 2.00. The lowest BCUT2D eigenvalue weighted by Crippen LogP contribution is -1.97. The van der Waals surface area contributed by atoms with Crippen LogP contribution in [0.1, 0.15) is 5.56 Å². The van der Waals surface area contributed by atoms with Crippen LogP contribution in [0.15, 0.2) is 36.8 Å². The molecule has 0 aliphatic rings. The zero-order valence-corrected chi connectivity index (χ0v) is 9.19. The Morgan fingerprint density at radius 2 is 2.19 bits per heavy atom. The molecule has 0 amide bonds. The summed E-state index contributed by atoms with van der Waals surface area (Å²) < 4.78 is 5.49. The maximum Gasteiger partial charge on any atom is 0.219 e. The third-order valence-electron chi connectivity index (χ3n) is 1.94. The largest absolute Gasteiger partial charge is 0.437 e. The lowest BCUT2D eigenvalue weighted by Gasteiger charge is -2.05. The molecular formula is C11H10ClN3O. The molecule has 2 N–H and O–H groups in total. The lowest BCUT2D eigenvalue weighted by atomic mass is 10.3. The standard InChI is InChI=1S/C11H10ClN3O/c12-9-4-10(7-14-6-9)16-11-3-8(5-13)1-2-15-11/h1-4,6-7H,5,13H2. The monoisotopic (exact) mass is 235 g/mol. The Balaban J connectivity index is 2.20. The van der Waals surface area contributed by atoms with Gasteiger partial charge >= 0.3 is 0 Å². The smallest absolute Gasteiger partial charge is 0.219 e. The molecule has 2 rings (SSSR count). The summed E-state index contributed by atoms with van der Waals surface area (Å²) in [5, 5.41) is 0.521. The van der Waals surface area contributed by atoms with Crippen molar-refractivity contribution in [1.29, 1.82) is 0 Å². The van der Waals surface area contributed by atoms with E-state index in [1.165, 1.54) is 6.20 Å². The van der Waals surface area contributed by atoms with Crippen molar-refractivity contribution in [2.45, 2.75) is 6.54 Å². The number of nitrogens with zero attached hydrogens (tertiary/aromatic N) is 2. The van der Waals surface area contributed by atoms with Crippen LogP contribution in [0.3, 0.4) is 0 Å². The van der Waals surface area contributed by atoms with Gasteiger partial charge in [0.05, 0.1) is 11.2 Å². The van der Waals surface area contributed by atoms with E-state index >= 15 is 0 Å². The van der Waals surface area contributed by atoms with Crippen LogP contribution in [0.5, 0.6) is 11.6 Å². The maximum absolute atomic E-state index is 5.79. The molecule has 2 aromatic heterocycles. The SMILES string of the molecule is NCc1ccnc(Oc2cncc(Cl)c2)c1. The fourth-order valence-corrected chi connectivity index (χ4v) is 1.37. The molecule has 82 valence electrons. The minimum Gasteiger partial charge on any atom is -0.437 e. The predicted octanol–water partition coefficient (Wildman–Crippen LogP) is 2.38. The van der Waals surface area contributed by atoms with Gasteiger partial charge in [-0.05, 0) is 11.6 Å². The van der Waals surface area contributed by atoms with Gasteiger partial charge < -0.3 is 10.5 Å². The fraction of sp³-hybridized carbons (Fsp3) is 0.0909. The number of hydrogen-bond donors (Lipinski definition) is 1. The highest BCUT2D eigenvalue weighted by molar-refractivity contribution is 6.30. The van der Waals surface area contributed by atoms with Gasteiger partial charge in [-0.1, -0.05) is 11.6 Å². The molecule has 0 unspecified atom stereocenters. The molecule has 0 aromatic carbocycles. The van der Waals surface area contributed by atoms with E-state index < -0.39 is 0 Å². The van der Waals surface area contributed by atoms with E-state index in [-0.39, 0.29) is 0 Å². The first-order valence-electron chi connectivity index (χ1n) is 4.71. The van der Waals surface area contributed by atoms with Gasteiger partial charge in [0.25, 0.3) is 0 Å². The number of aromatic nitrogens is 2. The van der Waals surface area contributed by atoms with Crippen molar-refractivity contribution in [2.75, 3.05) is 0 Å². The van der Waals surface area contributed by atoms with Crippen molar-refractivity contribution in [3.63, 3.8) is 0 Å². The number of hydrogen-bond acceptors (Lipinski definition) is 4. The molecule has 0 spiro atoms. The van der Waals surface area contributed by atoms with Crippen LogP contribution in [0.4, 0.5) is 0 Å². The van der Waals surface area contributed by atoms with Crippen molar-refractivity contribution in [3.8, 4) is 11.6 Å². The Morgan fingerprint density at radius 1 is 1.31 bits per heavy atom. The minimum atomic E-state index is 0.451. The molecule has 4 nitrogen and oxygen atoms in total. The van der Waals surface area contributed by atoms with Crippen molar-refractivity contribution < 1.29 is 4.74 Å². The zero-order chi connectivity index (χ0) is 11.4. The van der Waals surface area contributed by atoms with Crippen LogP contribution < -0.4 is 10.5 Å². The summed E-state index contributed by atoms with van der Waals surface area (Å²) in [6.45, 7) is 0.451. The predicted molar refractivity (Wildman–Crippen MR) is 61.4 cm³/mol. The van der Waals surface area contributed by atoms with Crippen molar-refractivity contribution in [3.05, 3.63) is 47.4 Å². The zero-order valence-electron chi connectivity index (χ0n) is 8.43. The van der Waals surface area contributed by atoms with Gasteiger partial charge in [-0.25, -0.2) is 4.98 Å². The average molecular weight is 236 g/mol. The first-order chi connectivity index (χ1) is 7.78. The molecular weight excluding hydrogens is 226 g/mol. The highest BCUT2D eigenvalue weighted by atomic mass is 35.5. The third-order valence-corrected chi connectivity index (χ3v) is 2.14. The van der Waals surface area contributed by atoms with E-state index in [0.717, 1.165) is 5.56 Å². The highest BCUT2D eigenvalue weighted by Crippen LogP contribution is 2.21. The van der Waals surface area contributed by atoms with Crippen molar-refractivity contribution >= 4 is 11.6 Å². The van der Waals surface area contributed by atoms with Crippen molar-refractivity contribution in [1.82, 2.24) is 9.97 Å². The van der Waals surface area contributed by atoms with Gasteiger partial charge in [-0.3, -0.25) is 4.98 Å². The summed E-state index contributed by atoms with van der Waals surface area (Å²) >= 11 is 5.79. The first kappa shape index (κ1) is 10.9. The van der Waals surface area contributed by atoms with Gasteiger partial charge in [0.15, 0.2) is 0 Å². The summed E-state index contributed by atoms with van der Waals surface area (Å²) in [6, 6.07) is 5.29. The van der Waals surface area contributed by atoms with Gasteiger partial charge in [0.1, 0.15) is 5.75 Å². The van der Waals surface area contributed by atoms with Gasteiger partial charge in [-0.2, -0.15) is 0 Å². The number of pyridine rings is 2. The molecule has 0 bridgehead atoms. The third kappa shape index (κ3) is 2.68. The molecule has 0 atom stereocenters. The molecule has 0 aliphatic heterocycles. The molecule has 0 fully saturated rings.